The van der Waals surface area contributed by atoms with E-state index in [0.717, 1.165) is 5.82 Å². The van der Waals surface area contributed by atoms with Crippen molar-refractivity contribution in [3.63, 3.8) is 0 Å². The highest BCUT2D eigenvalue weighted by atomic mass is 35.5. The van der Waals surface area contributed by atoms with Crippen LogP contribution in [0.2, 0.25) is 5.28 Å². The lowest BCUT2D eigenvalue weighted by atomic mass is 10.2. The Morgan fingerprint density at radius 2 is 2.15 bits per heavy atom. The van der Waals surface area contributed by atoms with Crippen LogP contribution in [0.3, 0.4) is 0 Å². The maximum atomic E-state index is 5.61. The molecule has 0 aromatic carbocycles. The van der Waals surface area contributed by atoms with E-state index in [2.05, 4.69) is 20.5 Å². The number of aromatic nitrogens is 3. The SMILES string of the molecule is Clc1nncc(NC2CCCC2)n1. The van der Waals surface area contributed by atoms with Gasteiger partial charge in [0.15, 0.2) is 0 Å². The Bertz CT molecular complexity index is 285. The van der Waals surface area contributed by atoms with E-state index in [1.54, 1.807) is 6.20 Å². The molecule has 13 heavy (non-hydrogen) atoms. The largest absolute Gasteiger partial charge is 0.366 e. The Hall–Kier alpha value is -0.900. The molecular weight excluding hydrogens is 188 g/mol. The zero-order valence-corrected chi connectivity index (χ0v) is 7.96. The van der Waals surface area contributed by atoms with Gasteiger partial charge in [0.05, 0.1) is 6.20 Å². The van der Waals surface area contributed by atoms with Gasteiger partial charge in [-0.25, -0.2) is 0 Å². The predicted octanol–water partition coefficient (Wildman–Crippen LogP) is 1.88. The second-order valence-electron chi connectivity index (χ2n) is 3.24. The fraction of sp³-hybridized carbons (Fsp3) is 0.625. The molecule has 1 aliphatic rings. The molecule has 1 aromatic rings. The van der Waals surface area contributed by atoms with Crippen molar-refractivity contribution < 1.29 is 0 Å². The van der Waals surface area contributed by atoms with Gasteiger partial charge in [0.2, 0.25) is 5.28 Å². The summed E-state index contributed by atoms with van der Waals surface area (Å²) in [7, 11) is 0. The average Bonchev–Trinajstić information content (AvgIpc) is 2.57. The molecule has 0 bridgehead atoms. The fourth-order valence-corrected chi connectivity index (χ4v) is 1.77. The summed E-state index contributed by atoms with van der Waals surface area (Å²) in [6, 6.07) is 0.535. The van der Waals surface area contributed by atoms with Gasteiger partial charge in [-0.05, 0) is 24.4 Å². The van der Waals surface area contributed by atoms with Gasteiger partial charge >= 0.3 is 0 Å². The lowest BCUT2D eigenvalue weighted by Crippen LogP contribution is -2.15. The molecule has 1 fully saturated rings. The van der Waals surface area contributed by atoms with E-state index in [0.29, 0.717) is 6.04 Å². The van der Waals surface area contributed by atoms with Gasteiger partial charge < -0.3 is 5.32 Å². The van der Waals surface area contributed by atoms with Crippen molar-refractivity contribution in [2.45, 2.75) is 31.7 Å². The molecule has 70 valence electrons. The third kappa shape index (κ3) is 2.28. The quantitative estimate of drug-likeness (QED) is 0.789. The normalized spacial score (nSPS) is 17.6. The van der Waals surface area contributed by atoms with Gasteiger partial charge in [-0.2, -0.15) is 10.1 Å². The minimum absolute atomic E-state index is 0.197. The first-order chi connectivity index (χ1) is 6.34. The van der Waals surface area contributed by atoms with Crippen molar-refractivity contribution in [2.24, 2.45) is 0 Å². The summed E-state index contributed by atoms with van der Waals surface area (Å²) >= 11 is 5.61. The van der Waals surface area contributed by atoms with E-state index in [1.807, 2.05) is 0 Å². The van der Waals surface area contributed by atoms with Crippen molar-refractivity contribution in [3.8, 4) is 0 Å². The summed E-state index contributed by atoms with van der Waals surface area (Å²) in [5.74, 6) is 0.729. The average molecular weight is 199 g/mol. The topological polar surface area (TPSA) is 50.7 Å². The first-order valence-corrected chi connectivity index (χ1v) is 4.84. The highest BCUT2D eigenvalue weighted by Crippen LogP contribution is 2.21. The van der Waals surface area contributed by atoms with Gasteiger partial charge in [-0.15, -0.1) is 5.10 Å². The lowest BCUT2D eigenvalue weighted by Gasteiger charge is -2.11. The number of nitrogens with one attached hydrogen (secondary N) is 1. The number of halogens is 1. The number of anilines is 1. The molecule has 1 N–H and O–H groups in total. The van der Waals surface area contributed by atoms with E-state index in [4.69, 9.17) is 11.6 Å². The Labute approximate surface area is 81.7 Å². The van der Waals surface area contributed by atoms with Crippen molar-refractivity contribution in [2.75, 3.05) is 5.32 Å². The molecule has 0 radical (unpaired) electrons. The summed E-state index contributed by atoms with van der Waals surface area (Å²) in [4.78, 5) is 4.02. The molecule has 2 rings (SSSR count). The Morgan fingerprint density at radius 3 is 2.85 bits per heavy atom. The molecule has 1 aliphatic carbocycles. The highest BCUT2D eigenvalue weighted by molar-refractivity contribution is 6.28. The van der Waals surface area contributed by atoms with Crippen LogP contribution in [0.4, 0.5) is 5.82 Å². The van der Waals surface area contributed by atoms with E-state index in [9.17, 15) is 0 Å². The molecule has 1 aromatic heterocycles. The molecule has 5 heteroatoms. The molecule has 0 unspecified atom stereocenters. The molecule has 0 saturated heterocycles. The monoisotopic (exact) mass is 198 g/mol. The highest BCUT2D eigenvalue weighted by Gasteiger charge is 2.14. The predicted molar refractivity (Wildman–Crippen MR) is 50.7 cm³/mol. The van der Waals surface area contributed by atoms with Crippen LogP contribution in [-0.2, 0) is 0 Å². The molecular formula is C8H11ClN4. The van der Waals surface area contributed by atoms with Gasteiger partial charge in [0.1, 0.15) is 5.82 Å². The van der Waals surface area contributed by atoms with Crippen LogP contribution in [0.5, 0.6) is 0 Å². The summed E-state index contributed by atoms with van der Waals surface area (Å²) < 4.78 is 0. The lowest BCUT2D eigenvalue weighted by molar-refractivity contribution is 0.746. The van der Waals surface area contributed by atoms with E-state index < -0.39 is 0 Å². The van der Waals surface area contributed by atoms with Crippen LogP contribution >= 0.6 is 11.6 Å². The standard InChI is InChI=1S/C8H11ClN4/c9-8-12-7(5-10-13-8)11-6-3-1-2-4-6/h5-6H,1-4H2,(H,11,12,13). The molecule has 1 heterocycles. The van der Waals surface area contributed by atoms with Gasteiger partial charge in [0, 0.05) is 6.04 Å². The second kappa shape index (κ2) is 3.87. The van der Waals surface area contributed by atoms with Gasteiger partial charge in [-0.1, -0.05) is 12.8 Å². The number of nitrogens with zero attached hydrogens (tertiary/aromatic N) is 3. The summed E-state index contributed by atoms with van der Waals surface area (Å²) in [5, 5.41) is 10.8. The molecule has 0 aliphatic heterocycles. The fourth-order valence-electron chi connectivity index (χ4n) is 1.63. The number of hydrogen-bond donors (Lipinski definition) is 1. The Balaban J connectivity index is 2.00. The maximum absolute atomic E-state index is 5.61. The van der Waals surface area contributed by atoms with E-state index in [-0.39, 0.29) is 5.28 Å². The van der Waals surface area contributed by atoms with Crippen molar-refractivity contribution in [1.29, 1.82) is 0 Å². The second-order valence-corrected chi connectivity index (χ2v) is 3.57. The van der Waals surface area contributed by atoms with E-state index in [1.165, 1.54) is 25.7 Å². The van der Waals surface area contributed by atoms with E-state index >= 15 is 0 Å². The summed E-state index contributed by atoms with van der Waals surface area (Å²) in [5.41, 5.74) is 0. The number of rotatable bonds is 2. The molecule has 0 spiro atoms. The first-order valence-electron chi connectivity index (χ1n) is 4.46. The van der Waals surface area contributed by atoms with Crippen molar-refractivity contribution in [1.82, 2.24) is 15.2 Å². The number of hydrogen-bond acceptors (Lipinski definition) is 4. The zero-order chi connectivity index (χ0) is 9.10. The third-order valence-electron chi connectivity index (χ3n) is 2.24. The van der Waals surface area contributed by atoms with Crippen LogP contribution in [0.15, 0.2) is 6.20 Å². The molecule has 0 atom stereocenters. The zero-order valence-electron chi connectivity index (χ0n) is 7.20. The third-order valence-corrected chi connectivity index (χ3v) is 2.40. The summed E-state index contributed by atoms with van der Waals surface area (Å²) in [6.07, 6.45) is 6.61. The van der Waals surface area contributed by atoms with Gasteiger partial charge in [0.25, 0.3) is 0 Å². The summed E-state index contributed by atoms with van der Waals surface area (Å²) in [6.45, 7) is 0. The maximum Gasteiger partial charge on any atom is 0.244 e. The van der Waals surface area contributed by atoms with Crippen LogP contribution in [0, 0.1) is 0 Å². The van der Waals surface area contributed by atoms with Crippen LogP contribution < -0.4 is 5.32 Å². The van der Waals surface area contributed by atoms with Crippen molar-refractivity contribution in [3.05, 3.63) is 11.5 Å². The Morgan fingerprint density at radius 1 is 1.38 bits per heavy atom. The molecule has 1 saturated carbocycles. The van der Waals surface area contributed by atoms with Crippen LogP contribution in [0.25, 0.3) is 0 Å². The minimum atomic E-state index is 0.197. The molecule has 0 amide bonds. The van der Waals surface area contributed by atoms with Crippen LogP contribution in [-0.4, -0.2) is 21.2 Å². The molecule has 4 nitrogen and oxygen atoms in total. The smallest absolute Gasteiger partial charge is 0.244 e. The van der Waals surface area contributed by atoms with Crippen LogP contribution in [0.1, 0.15) is 25.7 Å². The first kappa shape index (κ1) is 8.69. The van der Waals surface area contributed by atoms with Gasteiger partial charge in [-0.3, -0.25) is 0 Å². The minimum Gasteiger partial charge on any atom is -0.366 e. The Kier molecular flexibility index (Phi) is 2.59. The van der Waals surface area contributed by atoms with Crippen molar-refractivity contribution >= 4 is 17.4 Å².